The molecule has 0 bridgehead atoms. The molecule has 0 spiro atoms. The molecular weight excluding hydrogens is 256 g/mol. The predicted molar refractivity (Wildman–Crippen MR) is 79.9 cm³/mol. The van der Waals surface area contributed by atoms with Gasteiger partial charge in [-0.05, 0) is 6.92 Å². The first-order valence-electron chi connectivity index (χ1n) is 6.35. The summed E-state index contributed by atoms with van der Waals surface area (Å²) < 4.78 is 0. The number of aryl methyl sites for hydroxylation is 1. The summed E-state index contributed by atoms with van der Waals surface area (Å²) in [4.78, 5) is 13.7. The number of hydrogen-bond acceptors (Lipinski definition) is 5. The summed E-state index contributed by atoms with van der Waals surface area (Å²) in [5, 5.41) is 6.25. The Balaban J connectivity index is 2.34. The molecule has 0 unspecified atom stereocenters. The predicted octanol–water partition coefficient (Wildman–Crippen LogP) is 3.17. The van der Waals surface area contributed by atoms with Crippen molar-refractivity contribution in [3.63, 3.8) is 0 Å². The quantitative estimate of drug-likeness (QED) is 0.935. The Morgan fingerprint density at radius 3 is 2.47 bits per heavy atom. The third-order valence-corrected chi connectivity index (χ3v) is 3.63. The van der Waals surface area contributed by atoms with E-state index >= 15 is 0 Å². The van der Waals surface area contributed by atoms with Crippen LogP contribution >= 0.6 is 11.3 Å². The minimum absolute atomic E-state index is 0.0152. The molecule has 19 heavy (non-hydrogen) atoms. The molecular formula is C14H20N4S. The van der Waals surface area contributed by atoms with Crippen LogP contribution in [0.5, 0.6) is 0 Å². The maximum absolute atomic E-state index is 4.67. The van der Waals surface area contributed by atoms with Gasteiger partial charge in [0.05, 0.1) is 22.8 Å². The van der Waals surface area contributed by atoms with Gasteiger partial charge in [-0.15, -0.1) is 11.3 Å². The van der Waals surface area contributed by atoms with Gasteiger partial charge in [0.2, 0.25) is 0 Å². The summed E-state index contributed by atoms with van der Waals surface area (Å²) >= 11 is 1.66. The number of rotatable bonds is 3. The molecule has 0 aromatic carbocycles. The monoisotopic (exact) mass is 276 g/mol. The van der Waals surface area contributed by atoms with Gasteiger partial charge < -0.3 is 5.32 Å². The van der Waals surface area contributed by atoms with Gasteiger partial charge in [-0.2, -0.15) is 0 Å². The van der Waals surface area contributed by atoms with E-state index in [4.69, 9.17) is 0 Å². The summed E-state index contributed by atoms with van der Waals surface area (Å²) in [6.45, 7) is 8.49. The van der Waals surface area contributed by atoms with Crippen LogP contribution in [0.4, 0.5) is 5.82 Å². The molecule has 0 radical (unpaired) electrons. The SMILES string of the molecule is CNc1cc(C(C)(C)C)nc(Cc2csc(C)n2)n1. The highest BCUT2D eigenvalue weighted by Gasteiger charge is 2.18. The first-order chi connectivity index (χ1) is 8.88. The Morgan fingerprint density at radius 1 is 1.21 bits per heavy atom. The molecule has 0 saturated carbocycles. The fourth-order valence-electron chi connectivity index (χ4n) is 1.74. The third-order valence-electron chi connectivity index (χ3n) is 2.80. The summed E-state index contributed by atoms with van der Waals surface area (Å²) in [6.07, 6.45) is 0.683. The van der Waals surface area contributed by atoms with Crippen LogP contribution in [0.3, 0.4) is 0 Å². The van der Waals surface area contributed by atoms with Gasteiger partial charge in [-0.1, -0.05) is 20.8 Å². The fraction of sp³-hybridized carbons (Fsp3) is 0.500. The minimum Gasteiger partial charge on any atom is -0.373 e. The molecule has 2 rings (SSSR count). The Kier molecular flexibility index (Phi) is 3.85. The van der Waals surface area contributed by atoms with Gasteiger partial charge in [0.25, 0.3) is 0 Å². The van der Waals surface area contributed by atoms with Crippen LogP contribution in [-0.2, 0) is 11.8 Å². The molecule has 2 aromatic heterocycles. The number of hydrogen-bond donors (Lipinski definition) is 1. The van der Waals surface area contributed by atoms with Crippen LogP contribution in [0, 0.1) is 6.92 Å². The van der Waals surface area contributed by atoms with E-state index < -0.39 is 0 Å². The van der Waals surface area contributed by atoms with Crippen molar-refractivity contribution < 1.29 is 0 Å². The van der Waals surface area contributed by atoms with Crippen molar-refractivity contribution in [2.45, 2.75) is 39.5 Å². The maximum atomic E-state index is 4.67. The molecule has 1 N–H and O–H groups in total. The van der Waals surface area contributed by atoms with Gasteiger partial charge >= 0.3 is 0 Å². The van der Waals surface area contributed by atoms with Crippen LogP contribution in [-0.4, -0.2) is 22.0 Å². The van der Waals surface area contributed by atoms with Gasteiger partial charge in [0, 0.05) is 23.9 Å². The van der Waals surface area contributed by atoms with Gasteiger partial charge in [-0.25, -0.2) is 15.0 Å². The molecule has 0 amide bonds. The average Bonchev–Trinajstić information content (AvgIpc) is 2.73. The van der Waals surface area contributed by atoms with E-state index in [-0.39, 0.29) is 5.41 Å². The molecule has 0 saturated heterocycles. The van der Waals surface area contributed by atoms with Crippen molar-refractivity contribution >= 4 is 17.2 Å². The van der Waals surface area contributed by atoms with Crippen LogP contribution in [0.15, 0.2) is 11.4 Å². The fourth-order valence-corrected chi connectivity index (χ4v) is 2.35. The normalized spacial score (nSPS) is 11.6. The van der Waals surface area contributed by atoms with Crippen molar-refractivity contribution in [1.29, 1.82) is 0 Å². The van der Waals surface area contributed by atoms with E-state index in [1.54, 1.807) is 11.3 Å². The number of nitrogens with one attached hydrogen (secondary N) is 1. The number of thiazole rings is 1. The summed E-state index contributed by atoms with van der Waals surface area (Å²) in [7, 11) is 1.88. The van der Waals surface area contributed by atoms with Crippen molar-refractivity contribution in [3.05, 3.63) is 33.7 Å². The highest BCUT2D eigenvalue weighted by molar-refractivity contribution is 7.09. The highest BCUT2D eigenvalue weighted by atomic mass is 32.1. The third kappa shape index (κ3) is 3.50. The number of nitrogens with zero attached hydrogens (tertiary/aromatic N) is 3. The van der Waals surface area contributed by atoms with Crippen molar-refractivity contribution in [2.24, 2.45) is 0 Å². The number of aromatic nitrogens is 3. The first kappa shape index (κ1) is 13.9. The lowest BCUT2D eigenvalue weighted by Gasteiger charge is -2.19. The van der Waals surface area contributed by atoms with E-state index in [1.165, 1.54) is 0 Å². The maximum Gasteiger partial charge on any atom is 0.137 e. The molecule has 0 aliphatic carbocycles. The zero-order valence-electron chi connectivity index (χ0n) is 12.1. The van der Waals surface area contributed by atoms with Crippen LogP contribution in [0.25, 0.3) is 0 Å². The van der Waals surface area contributed by atoms with Crippen molar-refractivity contribution in [3.8, 4) is 0 Å². The molecule has 0 atom stereocenters. The second-order valence-electron chi connectivity index (χ2n) is 5.59. The molecule has 2 aromatic rings. The van der Waals surface area contributed by atoms with E-state index in [2.05, 4.69) is 46.4 Å². The average molecular weight is 276 g/mol. The molecule has 102 valence electrons. The standard InChI is InChI=1S/C14H20N4S/c1-9-16-10(8-19-9)6-13-17-11(14(2,3)4)7-12(15-5)18-13/h7-8H,6H2,1-5H3,(H,15,17,18). The first-order valence-corrected chi connectivity index (χ1v) is 7.23. The lowest BCUT2D eigenvalue weighted by Crippen LogP contribution is -2.16. The van der Waals surface area contributed by atoms with Gasteiger partial charge in [0.15, 0.2) is 0 Å². The van der Waals surface area contributed by atoms with Gasteiger partial charge in [0.1, 0.15) is 11.6 Å². The Morgan fingerprint density at radius 2 is 1.95 bits per heavy atom. The van der Waals surface area contributed by atoms with E-state index in [1.807, 2.05) is 20.0 Å². The Labute approximate surface area is 118 Å². The zero-order chi connectivity index (χ0) is 14.0. The van der Waals surface area contributed by atoms with Crippen LogP contribution in [0.2, 0.25) is 0 Å². The van der Waals surface area contributed by atoms with Crippen LogP contribution in [0.1, 0.15) is 43.0 Å². The summed E-state index contributed by atoms with van der Waals surface area (Å²) in [6, 6.07) is 2.01. The van der Waals surface area contributed by atoms with Gasteiger partial charge in [-0.3, -0.25) is 0 Å². The number of anilines is 1. The van der Waals surface area contributed by atoms with E-state index in [0.29, 0.717) is 6.42 Å². The molecule has 0 fully saturated rings. The Bertz CT molecular complexity index is 569. The lowest BCUT2D eigenvalue weighted by atomic mass is 9.92. The molecule has 0 aliphatic rings. The topological polar surface area (TPSA) is 50.7 Å². The second-order valence-corrected chi connectivity index (χ2v) is 6.65. The molecule has 0 aliphatic heterocycles. The van der Waals surface area contributed by atoms with E-state index in [0.717, 1.165) is 28.0 Å². The Hall–Kier alpha value is -1.49. The molecule has 4 nitrogen and oxygen atoms in total. The van der Waals surface area contributed by atoms with Crippen LogP contribution < -0.4 is 5.32 Å². The van der Waals surface area contributed by atoms with Crippen molar-refractivity contribution in [1.82, 2.24) is 15.0 Å². The van der Waals surface area contributed by atoms with Crippen molar-refractivity contribution in [2.75, 3.05) is 12.4 Å². The minimum atomic E-state index is 0.0152. The largest absolute Gasteiger partial charge is 0.373 e. The lowest BCUT2D eigenvalue weighted by molar-refractivity contribution is 0.563. The van der Waals surface area contributed by atoms with E-state index in [9.17, 15) is 0 Å². The summed E-state index contributed by atoms with van der Waals surface area (Å²) in [5.74, 6) is 1.68. The second kappa shape index (κ2) is 5.25. The highest BCUT2D eigenvalue weighted by Crippen LogP contribution is 2.23. The molecule has 2 heterocycles. The zero-order valence-corrected chi connectivity index (χ0v) is 12.9. The summed E-state index contributed by atoms with van der Waals surface area (Å²) in [5.41, 5.74) is 2.10. The smallest absolute Gasteiger partial charge is 0.137 e. The molecule has 5 heteroatoms.